The third-order valence-electron chi connectivity index (χ3n) is 2.31. The van der Waals surface area contributed by atoms with Crippen molar-refractivity contribution in [2.45, 2.75) is 9.92 Å². The highest BCUT2D eigenvalue weighted by atomic mass is 35.5. The van der Waals surface area contributed by atoms with E-state index in [9.17, 15) is 4.79 Å². The summed E-state index contributed by atoms with van der Waals surface area (Å²) in [4.78, 5) is 15.8. The van der Waals surface area contributed by atoms with Crippen LogP contribution < -0.4 is 4.74 Å². The zero-order valence-corrected chi connectivity index (χ0v) is 11.5. The van der Waals surface area contributed by atoms with E-state index in [0.29, 0.717) is 10.0 Å². The van der Waals surface area contributed by atoms with Crippen LogP contribution in [0.1, 0.15) is 10.4 Å². The average molecular weight is 296 g/mol. The second-order valence-corrected chi connectivity index (χ2v) is 5.07. The summed E-state index contributed by atoms with van der Waals surface area (Å²) >= 11 is 7.37. The largest absolute Gasteiger partial charge is 0.497 e. The van der Waals surface area contributed by atoms with Crippen LogP contribution in [0.4, 0.5) is 0 Å². The van der Waals surface area contributed by atoms with Gasteiger partial charge in [0, 0.05) is 11.1 Å². The van der Waals surface area contributed by atoms with Gasteiger partial charge in [0.1, 0.15) is 10.8 Å². The second kappa shape index (κ2) is 5.95. The van der Waals surface area contributed by atoms with E-state index < -0.39 is 5.97 Å². The maximum absolute atomic E-state index is 10.8. The van der Waals surface area contributed by atoms with E-state index in [1.807, 2.05) is 24.3 Å². The lowest BCUT2D eigenvalue weighted by atomic mass is 10.3. The molecule has 0 unspecified atom stereocenters. The van der Waals surface area contributed by atoms with Crippen molar-refractivity contribution in [1.29, 1.82) is 0 Å². The van der Waals surface area contributed by atoms with Crippen LogP contribution in [0, 0.1) is 0 Å². The molecule has 0 aliphatic carbocycles. The standard InChI is InChI=1S/C13H10ClNO3S/c1-18-9-3-2-4-10(6-9)19-12-11(14)5-8(7-15-12)13(16)17/h2-7H,1H3,(H,16,17). The third-order valence-corrected chi connectivity index (χ3v) is 3.72. The van der Waals surface area contributed by atoms with E-state index in [1.54, 1.807) is 7.11 Å². The molecular weight excluding hydrogens is 286 g/mol. The molecule has 1 aromatic carbocycles. The smallest absolute Gasteiger partial charge is 0.337 e. The summed E-state index contributed by atoms with van der Waals surface area (Å²) < 4.78 is 5.13. The Labute approximate surface area is 119 Å². The second-order valence-electron chi connectivity index (χ2n) is 3.60. The minimum atomic E-state index is -1.05. The Morgan fingerprint density at radius 1 is 1.42 bits per heavy atom. The highest BCUT2D eigenvalue weighted by Crippen LogP contribution is 2.33. The zero-order chi connectivity index (χ0) is 13.8. The summed E-state index contributed by atoms with van der Waals surface area (Å²) in [6.45, 7) is 0. The van der Waals surface area contributed by atoms with Gasteiger partial charge >= 0.3 is 5.97 Å². The minimum absolute atomic E-state index is 0.0694. The average Bonchev–Trinajstić information content (AvgIpc) is 2.41. The summed E-state index contributed by atoms with van der Waals surface area (Å²) in [6, 6.07) is 8.84. The first-order valence-electron chi connectivity index (χ1n) is 5.31. The number of carboxylic acids is 1. The number of carboxylic acid groups (broad SMARTS) is 1. The van der Waals surface area contributed by atoms with E-state index >= 15 is 0 Å². The normalized spacial score (nSPS) is 10.2. The van der Waals surface area contributed by atoms with Gasteiger partial charge in [-0.3, -0.25) is 0 Å². The van der Waals surface area contributed by atoms with Gasteiger partial charge in [0.05, 0.1) is 17.7 Å². The number of nitrogens with zero attached hydrogens (tertiary/aromatic N) is 1. The lowest BCUT2D eigenvalue weighted by molar-refractivity contribution is 0.0696. The monoisotopic (exact) mass is 295 g/mol. The number of hydrogen-bond donors (Lipinski definition) is 1. The van der Waals surface area contributed by atoms with Crippen molar-refractivity contribution in [3.63, 3.8) is 0 Å². The lowest BCUT2D eigenvalue weighted by Crippen LogP contribution is -1.97. The molecule has 0 aliphatic heterocycles. The molecule has 2 aromatic rings. The van der Waals surface area contributed by atoms with Gasteiger partial charge in [-0.25, -0.2) is 9.78 Å². The molecule has 0 saturated carbocycles. The van der Waals surface area contributed by atoms with Crippen LogP contribution in [-0.2, 0) is 0 Å². The minimum Gasteiger partial charge on any atom is -0.497 e. The van der Waals surface area contributed by atoms with Crippen LogP contribution in [0.5, 0.6) is 5.75 Å². The number of aromatic nitrogens is 1. The Bertz CT molecular complexity index is 619. The van der Waals surface area contributed by atoms with E-state index in [1.165, 1.54) is 24.0 Å². The quantitative estimate of drug-likeness (QED) is 0.934. The topological polar surface area (TPSA) is 59.4 Å². The molecule has 98 valence electrons. The molecular formula is C13H10ClNO3S. The van der Waals surface area contributed by atoms with Crippen molar-refractivity contribution in [1.82, 2.24) is 4.98 Å². The summed E-state index contributed by atoms with van der Waals surface area (Å²) in [5, 5.41) is 9.70. The predicted octanol–water partition coefficient (Wildman–Crippen LogP) is 3.59. The van der Waals surface area contributed by atoms with E-state index in [2.05, 4.69) is 4.98 Å². The highest BCUT2D eigenvalue weighted by Gasteiger charge is 2.10. The lowest BCUT2D eigenvalue weighted by Gasteiger charge is -2.05. The maximum Gasteiger partial charge on any atom is 0.337 e. The summed E-state index contributed by atoms with van der Waals surface area (Å²) in [7, 11) is 1.59. The Morgan fingerprint density at radius 3 is 2.84 bits per heavy atom. The first kappa shape index (κ1) is 13.7. The molecule has 0 radical (unpaired) electrons. The summed E-state index contributed by atoms with van der Waals surface area (Å²) in [6.07, 6.45) is 1.29. The molecule has 1 heterocycles. The Hall–Kier alpha value is -1.72. The van der Waals surface area contributed by atoms with Crippen LogP contribution in [0.3, 0.4) is 0 Å². The Kier molecular flexibility index (Phi) is 4.29. The van der Waals surface area contributed by atoms with E-state index in [4.69, 9.17) is 21.4 Å². The van der Waals surface area contributed by atoms with Gasteiger partial charge in [-0.2, -0.15) is 0 Å². The number of ether oxygens (including phenoxy) is 1. The van der Waals surface area contributed by atoms with Gasteiger partial charge in [-0.05, 0) is 24.3 Å². The van der Waals surface area contributed by atoms with E-state index in [0.717, 1.165) is 10.6 Å². The first-order chi connectivity index (χ1) is 9.10. The zero-order valence-electron chi connectivity index (χ0n) is 9.96. The molecule has 19 heavy (non-hydrogen) atoms. The first-order valence-corrected chi connectivity index (χ1v) is 6.50. The van der Waals surface area contributed by atoms with Crippen molar-refractivity contribution in [3.8, 4) is 5.75 Å². The molecule has 4 nitrogen and oxygen atoms in total. The van der Waals surface area contributed by atoms with Gasteiger partial charge in [-0.1, -0.05) is 29.4 Å². The molecule has 0 bridgehead atoms. The molecule has 1 N–H and O–H groups in total. The molecule has 0 spiro atoms. The molecule has 0 fully saturated rings. The number of halogens is 1. The van der Waals surface area contributed by atoms with Crippen molar-refractivity contribution in [2.24, 2.45) is 0 Å². The van der Waals surface area contributed by atoms with Crippen molar-refractivity contribution in [3.05, 3.63) is 47.1 Å². The van der Waals surface area contributed by atoms with Gasteiger partial charge in [0.2, 0.25) is 0 Å². The van der Waals surface area contributed by atoms with Crippen molar-refractivity contribution in [2.75, 3.05) is 7.11 Å². The van der Waals surface area contributed by atoms with Crippen LogP contribution in [-0.4, -0.2) is 23.2 Å². The molecule has 0 amide bonds. The number of methoxy groups -OCH3 is 1. The Morgan fingerprint density at radius 2 is 2.21 bits per heavy atom. The van der Waals surface area contributed by atoms with Gasteiger partial charge < -0.3 is 9.84 Å². The van der Waals surface area contributed by atoms with E-state index in [-0.39, 0.29) is 5.56 Å². The molecule has 1 aromatic heterocycles. The SMILES string of the molecule is COc1cccc(Sc2ncc(C(=O)O)cc2Cl)c1. The molecule has 0 atom stereocenters. The Balaban J connectivity index is 2.25. The fourth-order valence-electron chi connectivity index (χ4n) is 1.39. The number of carbonyl (C=O) groups is 1. The number of aromatic carboxylic acids is 1. The van der Waals surface area contributed by atoms with Crippen LogP contribution in [0.2, 0.25) is 5.02 Å². The molecule has 2 rings (SSSR count). The number of pyridine rings is 1. The van der Waals surface area contributed by atoms with Gasteiger partial charge in [0.15, 0.2) is 0 Å². The predicted molar refractivity (Wildman–Crippen MR) is 73.3 cm³/mol. The van der Waals surface area contributed by atoms with Gasteiger partial charge in [-0.15, -0.1) is 0 Å². The number of hydrogen-bond acceptors (Lipinski definition) is 4. The fraction of sp³-hybridized carbons (Fsp3) is 0.0769. The van der Waals surface area contributed by atoms with Crippen LogP contribution in [0.15, 0.2) is 46.5 Å². The molecule has 0 aliphatic rings. The highest BCUT2D eigenvalue weighted by molar-refractivity contribution is 7.99. The number of rotatable bonds is 4. The maximum atomic E-state index is 10.8. The molecule has 6 heteroatoms. The fourth-order valence-corrected chi connectivity index (χ4v) is 2.48. The molecule has 0 saturated heterocycles. The van der Waals surface area contributed by atoms with Crippen LogP contribution in [0.25, 0.3) is 0 Å². The number of benzene rings is 1. The third kappa shape index (κ3) is 3.39. The summed E-state index contributed by atoms with van der Waals surface area (Å²) in [5.41, 5.74) is 0.0694. The van der Waals surface area contributed by atoms with Gasteiger partial charge in [0.25, 0.3) is 0 Å². The van der Waals surface area contributed by atoms with Crippen molar-refractivity contribution < 1.29 is 14.6 Å². The summed E-state index contributed by atoms with van der Waals surface area (Å²) in [5.74, 6) is -0.310. The van der Waals surface area contributed by atoms with Crippen LogP contribution >= 0.6 is 23.4 Å². The van der Waals surface area contributed by atoms with Crippen molar-refractivity contribution >= 4 is 29.3 Å².